The van der Waals surface area contributed by atoms with Crippen molar-refractivity contribution in [2.75, 3.05) is 13.1 Å². The molecule has 0 aliphatic rings. The fourth-order valence-corrected chi connectivity index (χ4v) is 2.79. The van der Waals surface area contributed by atoms with Crippen LogP contribution in [0.2, 0.25) is 0 Å². The highest BCUT2D eigenvalue weighted by atomic mass is 127. The number of nitrogens with zero attached hydrogens (tertiary/aromatic N) is 4. The van der Waals surface area contributed by atoms with Gasteiger partial charge in [0.15, 0.2) is 11.8 Å². The van der Waals surface area contributed by atoms with Crippen molar-refractivity contribution in [3.8, 4) is 0 Å². The number of aliphatic imine (C=N–C) groups is 1. The molecule has 23 heavy (non-hydrogen) atoms. The van der Waals surface area contributed by atoms with Crippen LogP contribution in [0.15, 0.2) is 22.5 Å². The number of hydrogen-bond donors (Lipinski definition) is 2. The number of rotatable bonds is 6. The van der Waals surface area contributed by atoms with Crippen molar-refractivity contribution in [2.24, 2.45) is 12.0 Å². The van der Waals surface area contributed by atoms with Crippen molar-refractivity contribution < 1.29 is 0 Å². The summed E-state index contributed by atoms with van der Waals surface area (Å²) in [6.45, 7) is 8.41. The maximum atomic E-state index is 4.59. The van der Waals surface area contributed by atoms with Gasteiger partial charge < -0.3 is 15.2 Å². The Balaban J connectivity index is 0.00000264. The average Bonchev–Trinajstić information content (AvgIpc) is 3.14. The number of halogens is 1. The minimum atomic E-state index is 0. The summed E-state index contributed by atoms with van der Waals surface area (Å²) in [4.78, 5) is 5.97. The Morgan fingerprint density at radius 3 is 2.74 bits per heavy atom. The summed E-state index contributed by atoms with van der Waals surface area (Å²) < 4.78 is 1.96. The Hall–Kier alpha value is -1.16. The molecule has 6 nitrogen and oxygen atoms in total. The number of aromatic nitrogens is 3. The number of nitrogens with one attached hydrogen (secondary N) is 2. The van der Waals surface area contributed by atoms with E-state index in [-0.39, 0.29) is 24.0 Å². The van der Waals surface area contributed by atoms with Crippen molar-refractivity contribution in [3.63, 3.8) is 0 Å². The van der Waals surface area contributed by atoms with E-state index in [1.807, 2.05) is 18.5 Å². The molecule has 2 aromatic heterocycles. The molecule has 2 rings (SSSR count). The molecule has 0 fully saturated rings. The zero-order chi connectivity index (χ0) is 15.9. The van der Waals surface area contributed by atoms with E-state index in [4.69, 9.17) is 0 Å². The lowest BCUT2D eigenvalue weighted by Gasteiger charge is -2.14. The minimum absolute atomic E-state index is 0. The third-order valence-electron chi connectivity index (χ3n) is 3.51. The number of aryl methyl sites for hydroxylation is 1. The highest BCUT2D eigenvalue weighted by molar-refractivity contribution is 14.0. The van der Waals surface area contributed by atoms with Gasteiger partial charge in [0, 0.05) is 30.9 Å². The maximum Gasteiger partial charge on any atom is 0.191 e. The lowest BCUT2D eigenvalue weighted by Crippen LogP contribution is -2.39. The lowest BCUT2D eigenvalue weighted by atomic mass is 10.1. The van der Waals surface area contributed by atoms with Gasteiger partial charge in [0.25, 0.3) is 0 Å². The quantitative estimate of drug-likeness (QED) is 0.405. The molecular formula is C15H25IN6S. The Morgan fingerprint density at radius 2 is 2.17 bits per heavy atom. The van der Waals surface area contributed by atoms with Gasteiger partial charge in [-0.25, -0.2) is 4.99 Å². The van der Waals surface area contributed by atoms with Gasteiger partial charge in [-0.1, -0.05) is 13.0 Å². The van der Waals surface area contributed by atoms with Crippen LogP contribution in [0.5, 0.6) is 0 Å². The molecule has 2 aromatic rings. The zero-order valence-corrected chi connectivity index (χ0v) is 17.2. The third kappa shape index (κ3) is 5.76. The topological polar surface area (TPSA) is 67.1 Å². The molecule has 2 heterocycles. The molecule has 8 heteroatoms. The molecule has 1 atom stereocenters. The van der Waals surface area contributed by atoms with Crippen LogP contribution in [-0.2, 0) is 13.6 Å². The van der Waals surface area contributed by atoms with E-state index >= 15 is 0 Å². The molecule has 0 amide bonds. The van der Waals surface area contributed by atoms with Gasteiger partial charge in [-0.3, -0.25) is 0 Å². The number of thiophene rings is 1. The second-order valence-electron chi connectivity index (χ2n) is 5.21. The van der Waals surface area contributed by atoms with E-state index in [1.54, 1.807) is 11.3 Å². The molecular weight excluding hydrogens is 423 g/mol. The molecule has 2 N–H and O–H groups in total. The fraction of sp³-hybridized carbons (Fsp3) is 0.533. The largest absolute Gasteiger partial charge is 0.357 e. The first-order chi connectivity index (χ1) is 10.6. The van der Waals surface area contributed by atoms with Crippen LogP contribution < -0.4 is 10.6 Å². The Morgan fingerprint density at radius 1 is 1.39 bits per heavy atom. The Bertz CT molecular complexity index is 608. The summed E-state index contributed by atoms with van der Waals surface area (Å²) >= 11 is 1.79. The highest BCUT2D eigenvalue weighted by Crippen LogP contribution is 2.19. The first kappa shape index (κ1) is 19.9. The highest BCUT2D eigenvalue weighted by Gasteiger charge is 2.08. The van der Waals surface area contributed by atoms with Crippen LogP contribution >= 0.6 is 35.3 Å². The normalized spacial score (nSPS) is 12.6. The molecule has 0 aliphatic carbocycles. The molecule has 0 saturated carbocycles. The van der Waals surface area contributed by atoms with E-state index in [1.165, 1.54) is 4.88 Å². The van der Waals surface area contributed by atoms with Gasteiger partial charge in [-0.2, -0.15) is 0 Å². The minimum Gasteiger partial charge on any atom is -0.357 e. The van der Waals surface area contributed by atoms with Gasteiger partial charge in [-0.15, -0.1) is 45.5 Å². The molecule has 0 spiro atoms. The summed E-state index contributed by atoms with van der Waals surface area (Å²) in [5.74, 6) is 3.03. The Kier molecular flexibility index (Phi) is 8.53. The van der Waals surface area contributed by atoms with E-state index < -0.39 is 0 Å². The van der Waals surface area contributed by atoms with Crippen LogP contribution in [-0.4, -0.2) is 33.8 Å². The molecule has 0 aromatic carbocycles. The maximum absolute atomic E-state index is 4.59. The van der Waals surface area contributed by atoms with Crippen LogP contribution in [0.25, 0.3) is 0 Å². The Labute approximate surface area is 158 Å². The summed E-state index contributed by atoms with van der Waals surface area (Å²) in [6, 6.07) is 4.26. The van der Waals surface area contributed by atoms with E-state index in [0.717, 1.165) is 30.7 Å². The monoisotopic (exact) mass is 448 g/mol. The predicted octanol–water partition coefficient (Wildman–Crippen LogP) is 2.66. The first-order valence-electron chi connectivity index (χ1n) is 7.52. The SMILES string of the molecule is CCNC(=NCc1nnc(C)n1C)NCC(C)c1cccs1.I. The molecule has 128 valence electrons. The lowest BCUT2D eigenvalue weighted by molar-refractivity contribution is 0.703. The molecule has 0 aliphatic heterocycles. The van der Waals surface area contributed by atoms with Crippen molar-refractivity contribution in [1.82, 2.24) is 25.4 Å². The van der Waals surface area contributed by atoms with Gasteiger partial charge in [0.2, 0.25) is 0 Å². The van der Waals surface area contributed by atoms with E-state index in [9.17, 15) is 0 Å². The third-order valence-corrected chi connectivity index (χ3v) is 4.61. The molecule has 0 radical (unpaired) electrons. The van der Waals surface area contributed by atoms with Gasteiger partial charge >= 0.3 is 0 Å². The number of hydrogen-bond acceptors (Lipinski definition) is 4. The molecule has 0 saturated heterocycles. The van der Waals surface area contributed by atoms with Crippen molar-refractivity contribution in [1.29, 1.82) is 0 Å². The fourth-order valence-electron chi connectivity index (χ4n) is 2.00. The molecule has 1 unspecified atom stereocenters. The van der Waals surface area contributed by atoms with Gasteiger partial charge in [-0.05, 0) is 25.3 Å². The van der Waals surface area contributed by atoms with Gasteiger partial charge in [0.05, 0.1) is 0 Å². The predicted molar refractivity (Wildman–Crippen MR) is 107 cm³/mol. The smallest absolute Gasteiger partial charge is 0.191 e. The van der Waals surface area contributed by atoms with Crippen LogP contribution in [0.3, 0.4) is 0 Å². The van der Waals surface area contributed by atoms with Crippen molar-refractivity contribution in [2.45, 2.75) is 33.2 Å². The average molecular weight is 448 g/mol. The summed E-state index contributed by atoms with van der Waals surface area (Å²) in [5.41, 5.74) is 0. The second kappa shape index (κ2) is 9.86. The summed E-state index contributed by atoms with van der Waals surface area (Å²) in [5, 5.41) is 17.0. The second-order valence-corrected chi connectivity index (χ2v) is 6.19. The van der Waals surface area contributed by atoms with Crippen LogP contribution in [0, 0.1) is 6.92 Å². The van der Waals surface area contributed by atoms with Crippen LogP contribution in [0.4, 0.5) is 0 Å². The summed E-state index contributed by atoms with van der Waals surface area (Å²) in [7, 11) is 1.96. The molecule has 0 bridgehead atoms. The van der Waals surface area contributed by atoms with Crippen molar-refractivity contribution >= 4 is 41.3 Å². The van der Waals surface area contributed by atoms with E-state index in [0.29, 0.717) is 12.5 Å². The number of guanidine groups is 1. The standard InChI is InChI=1S/C15H24N6S.HI/c1-5-16-15(17-9-11(2)13-7-6-8-22-13)18-10-14-20-19-12(3)21(14)4;/h6-8,11H,5,9-10H2,1-4H3,(H2,16,17,18);1H. The summed E-state index contributed by atoms with van der Waals surface area (Å²) in [6.07, 6.45) is 0. The first-order valence-corrected chi connectivity index (χ1v) is 8.40. The van der Waals surface area contributed by atoms with Crippen LogP contribution in [0.1, 0.15) is 36.3 Å². The zero-order valence-electron chi connectivity index (χ0n) is 14.0. The van der Waals surface area contributed by atoms with Crippen molar-refractivity contribution in [3.05, 3.63) is 34.0 Å². The van der Waals surface area contributed by atoms with E-state index in [2.05, 4.69) is 57.2 Å². The van der Waals surface area contributed by atoms with Gasteiger partial charge in [0.1, 0.15) is 12.4 Å².